The first-order valence-corrected chi connectivity index (χ1v) is 2.55. The predicted molar refractivity (Wildman–Crippen MR) is 27.0 cm³/mol. The van der Waals surface area contributed by atoms with Gasteiger partial charge in [0, 0.05) is 5.88 Å². The van der Waals surface area contributed by atoms with Crippen LogP contribution in [0.2, 0.25) is 0 Å². The van der Waals surface area contributed by atoms with Gasteiger partial charge in [0.2, 0.25) is 0 Å². The summed E-state index contributed by atoms with van der Waals surface area (Å²) in [6.45, 7) is 1.72. The van der Waals surface area contributed by atoms with Crippen LogP contribution >= 0.6 is 11.6 Å². The zero-order chi connectivity index (χ0) is 4.99. The number of halogens is 1. The third kappa shape index (κ3) is 4.25. The number of hydrogen-bond donors (Lipinski definition) is 1. The lowest BCUT2D eigenvalue weighted by Gasteiger charge is -1.94. The van der Waals surface area contributed by atoms with Crippen LogP contribution in [0.4, 0.5) is 0 Å². The maximum atomic E-state index is 8.47. The van der Waals surface area contributed by atoms with Crippen molar-refractivity contribution in [3.8, 4) is 0 Å². The molecule has 6 heavy (non-hydrogen) atoms. The Morgan fingerprint density at radius 2 is 2.33 bits per heavy atom. The van der Waals surface area contributed by atoms with Gasteiger partial charge < -0.3 is 5.11 Å². The Bertz CT molecular complexity index is 28.7. The molecule has 0 rings (SSSR count). The topological polar surface area (TPSA) is 20.2 Å². The van der Waals surface area contributed by atoms with E-state index in [1.54, 1.807) is 6.92 Å². The normalized spacial score (nSPS) is 14.5. The number of hydrogen-bond acceptors (Lipinski definition) is 1. The van der Waals surface area contributed by atoms with Crippen molar-refractivity contribution < 1.29 is 5.11 Å². The molecule has 0 unspecified atom stereocenters. The van der Waals surface area contributed by atoms with Crippen LogP contribution in [0.1, 0.15) is 13.3 Å². The zero-order valence-corrected chi connectivity index (χ0v) is 4.57. The smallest absolute Gasteiger partial charge is 0.0523 e. The van der Waals surface area contributed by atoms with Gasteiger partial charge >= 0.3 is 0 Å². The van der Waals surface area contributed by atoms with Gasteiger partial charge in [0.25, 0.3) is 0 Å². The van der Waals surface area contributed by atoms with Gasteiger partial charge in [-0.2, -0.15) is 0 Å². The van der Waals surface area contributed by atoms with E-state index in [1.165, 1.54) is 0 Å². The molecule has 0 aromatic rings. The van der Waals surface area contributed by atoms with Gasteiger partial charge in [0.15, 0.2) is 0 Å². The summed E-state index contributed by atoms with van der Waals surface area (Å²) < 4.78 is 0. The molecular formula is C4H9ClO. The minimum Gasteiger partial charge on any atom is -0.393 e. The largest absolute Gasteiger partial charge is 0.393 e. The number of aliphatic hydroxyl groups excluding tert-OH is 1. The summed E-state index contributed by atoms with van der Waals surface area (Å²) in [6, 6.07) is 0. The van der Waals surface area contributed by atoms with E-state index in [0.717, 1.165) is 0 Å². The molecule has 0 radical (unpaired) electrons. The molecule has 0 aliphatic heterocycles. The van der Waals surface area contributed by atoms with Crippen molar-refractivity contribution in [2.75, 3.05) is 5.88 Å². The molecule has 0 aliphatic carbocycles. The summed E-state index contributed by atoms with van der Waals surface area (Å²) in [6.07, 6.45) is 0.462. The average Bonchev–Trinajstić information content (AvgIpc) is 1.35. The van der Waals surface area contributed by atoms with Crippen LogP contribution in [0.15, 0.2) is 0 Å². The lowest BCUT2D eigenvalue weighted by molar-refractivity contribution is 0.192. The number of rotatable bonds is 2. The Hall–Kier alpha value is 0.250. The summed E-state index contributed by atoms with van der Waals surface area (Å²) in [5.41, 5.74) is 0. The Labute approximate surface area is 42.9 Å². The van der Waals surface area contributed by atoms with Crippen LogP contribution in [0.3, 0.4) is 0 Å². The standard InChI is InChI=1S/C4H9ClO/c1-4(6)2-3-5/h4,6H,2-3H2,1H3/t4-/m0/s1. The van der Waals surface area contributed by atoms with Crippen LogP contribution in [0.25, 0.3) is 0 Å². The van der Waals surface area contributed by atoms with Crippen molar-refractivity contribution >= 4 is 11.6 Å². The highest BCUT2D eigenvalue weighted by molar-refractivity contribution is 6.17. The van der Waals surface area contributed by atoms with Crippen molar-refractivity contribution in [2.24, 2.45) is 0 Å². The van der Waals surface area contributed by atoms with E-state index in [2.05, 4.69) is 0 Å². The fourth-order valence-electron chi connectivity index (χ4n) is 0.158. The molecular weight excluding hydrogens is 99.5 g/mol. The Morgan fingerprint density at radius 3 is 2.33 bits per heavy atom. The molecule has 1 nitrogen and oxygen atoms in total. The molecule has 2 heteroatoms. The number of aliphatic hydroxyl groups is 1. The molecule has 0 heterocycles. The van der Waals surface area contributed by atoms with Crippen LogP contribution in [0, 0.1) is 0 Å². The van der Waals surface area contributed by atoms with Crippen LogP contribution in [-0.4, -0.2) is 17.1 Å². The lowest BCUT2D eigenvalue weighted by atomic mass is 10.3. The average molecular weight is 109 g/mol. The van der Waals surface area contributed by atoms with E-state index in [1.807, 2.05) is 0 Å². The first kappa shape index (κ1) is 6.25. The fourth-order valence-corrected chi connectivity index (χ4v) is 0.474. The second kappa shape index (κ2) is 3.44. The fraction of sp³-hybridized carbons (Fsp3) is 1.00. The minimum absolute atomic E-state index is 0.234. The molecule has 1 N–H and O–H groups in total. The van der Waals surface area contributed by atoms with E-state index in [0.29, 0.717) is 12.3 Å². The molecule has 0 bridgehead atoms. The van der Waals surface area contributed by atoms with Crippen molar-refractivity contribution in [3.63, 3.8) is 0 Å². The summed E-state index contributed by atoms with van der Waals surface area (Å²) in [5, 5.41) is 8.47. The maximum absolute atomic E-state index is 8.47. The maximum Gasteiger partial charge on any atom is 0.0523 e. The van der Waals surface area contributed by atoms with E-state index in [9.17, 15) is 0 Å². The van der Waals surface area contributed by atoms with Gasteiger partial charge in [-0.25, -0.2) is 0 Å². The molecule has 0 aliphatic rings. The van der Waals surface area contributed by atoms with Gasteiger partial charge in [0.05, 0.1) is 6.10 Å². The van der Waals surface area contributed by atoms with Crippen LogP contribution < -0.4 is 0 Å². The highest BCUT2D eigenvalue weighted by atomic mass is 35.5. The summed E-state index contributed by atoms with van der Waals surface area (Å²) in [4.78, 5) is 0. The van der Waals surface area contributed by atoms with Crippen molar-refractivity contribution in [2.45, 2.75) is 19.4 Å². The first-order valence-electron chi connectivity index (χ1n) is 2.01. The van der Waals surface area contributed by atoms with Gasteiger partial charge in [0.1, 0.15) is 0 Å². The summed E-state index contributed by atoms with van der Waals surface area (Å²) in [7, 11) is 0. The summed E-state index contributed by atoms with van der Waals surface area (Å²) >= 11 is 5.24. The van der Waals surface area contributed by atoms with E-state index < -0.39 is 0 Å². The monoisotopic (exact) mass is 108 g/mol. The second-order valence-corrected chi connectivity index (χ2v) is 1.70. The molecule has 0 spiro atoms. The molecule has 38 valence electrons. The van der Waals surface area contributed by atoms with Gasteiger partial charge in [-0.05, 0) is 13.3 Å². The second-order valence-electron chi connectivity index (χ2n) is 1.33. The van der Waals surface area contributed by atoms with E-state index in [-0.39, 0.29) is 6.10 Å². The third-order valence-electron chi connectivity index (χ3n) is 0.527. The van der Waals surface area contributed by atoms with Crippen molar-refractivity contribution in [1.82, 2.24) is 0 Å². The van der Waals surface area contributed by atoms with Crippen molar-refractivity contribution in [3.05, 3.63) is 0 Å². The van der Waals surface area contributed by atoms with E-state index >= 15 is 0 Å². The Morgan fingerprint density at radius 1 is 1.83 bits per heavy atom. The quantitative estimate of drug-likeness (QED) is 0.524. The first-order chi connectivity index (χ1) is 2.77. The molecule has 0 fully saturated rings. The summed E-state index contributed by atoms with van der Waals surface area (Å²) in [5.74, 6) is 0.553. The molecule has 1 atom stereocenters. The molecule has 0 saturated heterocycles. The lowest BCUT2D eigenvalue weighted by Crippen LogP contribution is -1.98. The molecule has 0 saturated carbocycles. The SMILES string of the molecule is C[C@H](O)CCCl. The third-order valence-corrected chi connectivity index (χ3v) is 0.745. The Balaban J connectivity index is 2.63. The van der Waals surface area contributed by atoms with Crippen LogP contribution in [0.5, 0.6) is 0 Å². The molecule has 0 amide bonds. The van der Waals surface area contributed by atoms with Crippen LogP contribution in [-0.2, 0) is 0 Å². The van der Waals surface area contributed by atoms with Gasteiger partial charge in [-0.3, -0.25) is 0 Å². The van der Waals surface area contributed by atoms with Gasteiger partial charge in [-0.15, -0.1) is 11.6 Å². The predicted octanol–water partition coefficient (Wildman–Crippen LogP) is 0.996. The van der Waals surface area contributed by atoms with Crippen molar-refractivity contribution in [1.29, 1.82) is 0 Å². The zero-order valence-electron chi connectivity index (χ0n) is 3.82. The minimum atomic E-state index is -0.234. The molecule has 0 aromatic heterocycles. The van der Waals surface area contributed by atoms with Gasteiger partial charge in [-0.1, -0.05) is 0 Å². The Kier molecular flexibility index (Phi) is 3.58. The highest BCUT2D eigenvalue weighted by Crippen LogP contribution is 1.89. The number of alkyl halides is 1. The van der Waals surface area contributed by atoms with E-state index in [4.69, 9.17) is 16.7 Å². The molecule has 0 aromatic carbocycles. The highest BCUT2D eigenvalue weighted by Gasteiger charge is 1.88.